The number of halogens is 1. The molecule has 4 heterocycles. The summed E-state index contributed by atoms with van der Waals surface area (Å²) >= 11 is 6.62. The Hall–Kier alpha value is -3.46. The lowest BCUT2D eigenvalue weighted by Gasteiger charge is -2.36. The monoisotopic (exact) mass is 589 g/mol. The van der Waals surface area contributed by atoms with Crippen LogP contribution in [0.5, 0.6) is 0 Å². The molecule has 0 saturated carbocycles. The number of carbonyl (C=O) groups is 3. The molecule has 1 N–H and O–H groups in total. The maximum Gasteiger partial charge on any atom is 0.253 e. The lowest BCUT2D eigenvalue weighted by Crippen LogP contribution is -2.55. The molecule has 220 valence electrons. The van der Waals surface area contributed by atoms with Gasteiger partial charge < -0.3 is 24.5 Å². The minimum atomic E-state index is -1.29. The second-order valence-electron chi connectivity index (χ2n) is 11.5. The number of ether oxygens (including phenoxy) is 1. The Bertz CT molecular complexity index is 1410. The maximum absolute atomic E-state index is 14.6. The lowest BCUT2D eigenvalue weighted by atomic mass is 9.77. The van der Waals surface area contributed by atoms with E-state index in [1.54, 1.807) is 20.8 Å². The standard InChI is InChI=1S/C33H36ClN3O5/c1-22-11-8-14-24(34)28(22)36-19-10-16-33-27(31(40)37(29(33)32(36)41)18-6-3-7-20-38)26-25(42-33)15-9-17-35(30(26)39)21-23-12-4-2-5-13-23/h2,4-5,8-16,25-27,29,38H,3,6-7,17-21H2,1H3/t25-,26+,27-,29?,33-/m0/s1. The fourth-order valence-electron chi connectivity index (χ4n) is 7.11. The first kappa shape index (κ1) is 28.6. The number of para-hydroxylation sites is 1. The van der Waals surface area contributed by atoms with Crippen LogP contribution in [-0.2, 0) is 25.7 Å². The van der Waals surface area contributed by atoms with Crippen LogP contribution in [0, 0.1) is 18.8 Å². The third-order valence-electron chi connectivity index (χ3n) is 8.97. The van der Waals surface area contributed by atoms with Crippen molar-refractivity contribution in [3.05, 3.63) is 89.0 Å². The van der Waals surface area contributed by atoms with Gasteiger partial charge in [-0.05, 0) is 43.4 Å². The molecule has 8 nitrogen and oxygen atoms in total. The minimum absolute atomic E-state index is 0.0656. The normalized spacial score (nSPS) is 28.5. The molecule has 2 aromatic rings. The summed E-state index contributed by atoms with van der Waals surface area (Å²) in [6.45, 7) is 3.41. The zero-order chi connectivity index (χ0) is 29.4. The van der Waals surface area contributed by atoms with Crippen LogP contribution in [0.25, 0.3) is 0 Å². The Morgan fingerprint density at radius 1 is 0.952 bits per heavy atom. The molecule has 2 fully saturated rings. The summed E-state index contributed by atoms with van der Waals surface area (Å²) in [7, 11) is 0. The van der Waals surface area contributed by atoms with Crippen molar-refractivity contribution in [1.82, 2.24) is 9.80 Å². The van der Waals surface area contributed by atoms with Gasteiger partial charge in [-0.15, -0.1) is 0 Å². The molecule has 4 aliphatic rings. The van der Waals surface area contributed by atoms with Crippen LogP contribution >= 0.6 is 11.6 Å². The Morgan fingerprint density at radius 3 is 2.52 bits per heavy atom. The number of unbranched alkanes of at least 4 members (excludes halogenated alkanes) is 2. The second kappa shape index (κ2) is 11.7. The Kier molecular flexibility index (Phi) is 7.96. The van der Waals surface area contributed by atoms with E-state index < -0.39 is 29.6 Å². The van der Waals surface area contributed by atoms with Gasteiger partial charge in [0.05, 0.1) is 28.6 Å². The van der Waals surface area contributed by atoms with Crippen LogP contribution in [-0.4, -0.2) is 76.6 Å². The van der Waals surface area contributed by atoms with Gasteiger partial charge in [0, 0.05) is 32.8 Å². The van der Waals surface area contributed by atoms with Gasteiger partial charge >= 0.3 is 0 Å². The molecule has 0 radical (unpaired) electrons. The number of fused-ring (bicyclic) bond motifs is 2. The maximum atomic E-state index is 14.6. The number of carbonyl (C=O) groups excluding carboxylic acids is 3. The molecule has 5 atom stereocenters. The van der Waals surface area contributed by atoms with Gasteiger partial charge in [-0.3, -0.25) is 14.4 Å². The van der Waals surface area contributed by atoms with Crippen molar-refractivity contribution in [2.45, 2.75) is 50.5 Å². The first-order chi connectivity index (χ1) is 20.4. The highest BCUT2D eigenvalue weighted by Gasteiger charge is 2.71. The van der Waals surface area contributed by atoms with Crippen molar-refractivity contribution in [3.63, 3.8) is 0 Å². The van der Waals surface area contributed by atoms with Crippen molar-refractivity contribution >= 4 is 35.0 Å². The number of nitrogens with zero attached hydrogens (tertiary/aromatic N) is 3. The van der Waals surface area contributed by atoms with Crippen molar-refractivity contribution in [2.75, 3.05) is 31.1 Å². The van der Waals surface area contributed by atoms with Crippen LogP contribution in [0.3, 0.4) is 0 Å². The first-order valence-electron chi connectivity index (χ1n) is 14.7. The average Bonchev–Trinajstić information content (AvgIpc) is 3.29. The van der Waals surface area contributed by atoms with Gasteiger partial charge in [0.1, 0.15) is 11.6 Å². The molecule has 0 bridgehead atoms. The summed E-state index contributed by atoms with van der Waals surface area (Å²) in [4.78, 5) is 48.2. The van der Waals surface area contributed by atoms with E-state index in [1.165, 1.54) is 0 Å². The molecule has 9 heteroatoms. The first-order valence-corrected chi connectivity index (χ1v) is 15.1. The fraction of sp³-hybridized carbons (Fsp3) is 0.424. The van der Waals surface area contributed by atoms with Crippen LogP contribution in [0.4, 0.5) is 5.69 Å². The van der Waals surface area contributed by atoms with Crippen molar-refractivity contribution in [3.8, 4) is 0 Å². The molecular weight excluding hydrogens is 554 g/mol. The number of aliphatic hydroxyl groups excluding tert-OH is 1. The number of benzene rings is 2. The Balaban J connectivity index is 1.39. The summed E-state index contributed by atoms with van der Waals surface area (Å²) in [5, 5.41) is 9.76. The average molecular weight is 590 g/mol. The van der Waals surface area contributed by atoms with Crippen molar-refractivity contribution in [1.29, 1.82) is 0 Å². The van der Waals surface area contributed by atoms with Gasteiger partial charge in [-0.25, -0.2) is 0 Å². The largest absolute Gasteiger partial charge is 0.396 e. The van der Waals surface area contributed by atoms with E-state index >= 15 is 0 Å². The molecule has 0 aliphatic carbocycles. The smallest absolute Gasteiger partial charge is 0.253 e. The van der Waals surface area contributed by atoms with E-state index in [9.17, 15) is 19.5 Å². The molecule has 1 spiro atoms. The van der Waals surface area contributed by atoms with E-state index in [0.29, 0.717) is 49.6 Å². The van der Waals surface area contributed by atoms with Gasteiger partial charge in [0.15, 0.2) is 0 Å². The third-order valence-corrected chi connectivity index (χ3v) is 9.28. The molecule has 4 aliphatic heterocycles. The molecular formula is C33H36ClN3O5. The number of hydrogen-bond donors (Lipinski definition) is 1. The Morgan fingerprint density at radius 2 is 1.76 bits per heavy atom. The number of likely N-dealkylation sites (tertiary alicyclic amines) is 1. The molecule has 42 heavy (non-hydrogen) atoms. The number of aliphatic hydroxyl groups is 1. The molecule has 2 aromatic carbocycles. The number of hydrogen-bond acceptors (Lipinski definition) is 5. The highest BCUT2D eigenvalue weighted by molar-refractivity contribution is 6.34. The number of amides is 3. The van der Waals surface area contributed by atoms with Crippen molar-refractivity contribution < 1.29 is 24.2 Å². The molecule has 0 aromatic heterocycles. The highest BCUT2D eigenvalue weighted by Crippen LogP contribution is 2.54. The van der Waals surface area contributed by atoms with E-state index in [0.717, 1.165) is 11.1 Å². The van der Waals surface area contributed by atoms with E-state index in [-0.39, 0.29) is 30.9 Å². The predicted octanol–water partition coefficient (Wildman–Crippen LogP) is 3.89. The van der Waals surface area contributed by atoms with Crippen LogP contribution in [0.15, 0.2) is 72.8 Å². The zero-order valence-electron chi connectivity index (χ0n) is 23.7. The van der Waals surface area contributed by atoms with E-state index in [2.05, 4.69) is 0 Å². The lowest BCUT2D eigenvalue weighted by molar-refractivity contribution is -0.144. The number of anilines is 1. The minimum Gasteiger partial charge on any atom is -0.396 e. The molecule has 6 rings (SSSR count). The van der Waals surface area contributed by atoms with Crippen LogP contribution in [0.2, 0.25) is 5.02 Å². The zero-order valence-corrected chi connectivity index (χ0v) is 24.5. The molecule has 2 saturated heterocycles. The van der Waals surface area contributed by atoms with Gasteiger partial charge in [0.2, 0.25) is 11.8 Å². The topological polar surface area (TPSA) is 90.4 Å². The number of rotatable bonds is 8. The summed E-state index contributed by atoms with van der Waals surface area (Å²) in [6, 6.07) is 14.3. The van der Waals surface area contributed by atoms with Gasteiger partial charge in [-0.2, -0.15) is 0 Å². The van der Waals surface area contributed by atoms with Gasteiger partial charge in [-0.1, -0.05) is 78.4 Å². The SMILES string of the molecule is Cc1cccc(Cl)c1N1CC=C[C@]23O[C@H]4C=CCN(Cc5ccccc5)C(=O)[C@H]4[C@H]2C(=O)N(CCCCCO)C3C1=O. The summed E-state index contributed by atoms with van der Waals surface area (Å²) < 4.78 is 6.75. The molecule has 3 amide bonds. The summed E-state index contributed by atoms with van der Waals surface area (Å²) in [5.41, 5.74) is 1.17. The number of aryl methyl sites for hydroxylation is 1. The predicted molar refractivity (Wildman–Crippen MR) is 160 cm³/mol. The van der Waals surface area contributed by atoms with Crippen LogP contribution < -0.4 is 4.90 Å². The quantitative estimate of drug-likeness (QED) is 0.373. The van der Waals surface area contributed by atoms with E-state index in [1.807, 2.05) is 73.7 Å². The van der Waals surface area contributed by atoms with E-state index in [4.69, 9.17) is 16.3 Å². The summed E-state index contributed by atoms with van der Waals surface area (Å²) in [6.07, 6.45) is 8.85. The fourth-order valence-corrected chi connectivity index (χ4v) is 7.44. The molecule has 1 unspecified atom stereocenters. The second-order valence-corrected chi connectivity index (χ2v) is 12.0. The summed E-state index contributed by atoms with van der Waals surface area (Å²) in [5.74, 6) is -2.25. The Labute approximate surface area is 251 Å². The van der Waals surface area contributed by atoms with Crippen LogP contribution in [0.1, 0.15) is 30.4 Å². The third kappa shape index (κ3) is 4.75. The highest BCUT2D eigenvalue weighted by atomic mass is 35.5. The van der Waals surface area contributed by atoms with Gasteiger partial charge in [0.25, 0.3) is 5.91 Å². The van der Waals surface area contributed by atoms with Crippen molar-refractivity contribution in [2.24, 2.45) is 11.8 Å².